The Balaban J connectivity index is 1.61. The first kappa shape index (κ1) is 16.1. The zero-order chi connectivity index (χ0) is 16.9. The summed E-state index contributed by atoms with van der Waals surface area (Å²) in [4.78, 5) is 14.0. The van der Waals surface area contributed by atoms with Crippen molar-refractivity contribution in [3.63, 3.8) is 0 Å². The van der Waals surface area contributed by atoms with Crippen LogP contribution in [0.25, 0.3) is 10.8 Å². The van der Waals surface area contributed by atoms with Crippen molar-refractivity contribution in [3.8, 4) is 5.75 Å². The first-order valence-electron chi connectivity index (χ1n) is 8.03. The number of amides is 1. The SMILES string of the molecule is Cc1ccccc1OCC(=O)N(C)Cc1ccc2ccccc2c1. The minimum atomic E-state index is -0.0357. The Labute approximate surface area is 142 Å². The molecule has 24 heavy (non-hydrogen) atoms. The van der Waals surface area contributed by atoms with Gasteiger partial charge in [-0.05, 0) is 41.0 Å². The van der Waals surface area contributed by atoms with Gasteiger partial charge in [0.15, 0.2) is 6.61 Å². The summed E-state index contributed by atoms with van der Waals surface area (Å²) in [5.74, 6) is 0.719. The monoisotopic (exact) mass is 319 g/mol. The van der Waals surface area contributed by atoms with Crippen molar-refractivity contribution in [1.82, 2.24) is 4.90 Å². The molecule has 0 aliphatic rings. The molecule has 0 spiro atoms. The first-order valence-corrected chi connectivity index (χ1v) is 8.03. The molecule has 0 saturated carbocycles. The van der Waals surface area contributed by atoms with Crippen molar-refractivity contribution in [2.45, 2.75) is 13.5 Å². The second kappa shape index (κ2) is 7.18. The van der Waals surface area contributed by atoms with Gasteiger partial charge in [0, 0.05) is 13.6 Å². The number of benzene rings is 3. The number of carbonyl (C=O) groups is 1. The summed E-state index contributed by atoms with van der Waals surface area (Å²) in [6.07, 6.45) is 0. The maximum Gasteiger partial charge on any atom is 0.260 e. The van der Waals surface area contributed by atoms with E-state index in [1.165, 1.54) is 10.8 Å². The van der Waals surface area contributed by atoms with E-state index in [1.54, 1.807) is 11.9 Å². The molecule has 0 radical (unpaired) electrons. The van der Waals surface area contributed by atoms with Crippen molar-refractivity contribution in [3.05, 3.63) is 77.9 Å². The molecule has 3 rings (SSSR count). The molecule has 122 valence electrons. The van der Waals surface area contributed by atoms with Crippen LogP contribution in [0, 0.1) is 6.92 Å². The van der Waals surface area contributed by atoms with Gasteiger partial charge in [0.1, 0.15) is 5.75 Å². The molecule has 0 aliphatic carbocycles. The average molecular weight is 319 g/mol. The van der Waals surface area contributed by atoms with Gasteiger partial charge in [0.2, 0.25) is 0 Å². The van der Waals surface area contributed by atoms with Gasteiger partial charge in [0.25, 0.3) is 5.91 Å². The predicted octanol–water partition coefficient (Wildman–Crippen LogP) is 4.19. The molecule has 3 aromatic rings. The Hall–Kier alpha value is -2.81. The van der Waals surface area contributed by atoms with Gasteiger partial charge in [-0.1, -0.05) is 54.6 Å². The van der Waals surface area contributed by atoms with E-state index in [-0.39, 0.29) is 12.5 Å². The number of nitrogens with zero attached hydrogens (tertiary/aromatic N) is 1. The van der Waals surface area contributed by atoms with Gasteiger partial charge < -0.3 is 9.64 Å². The maximum atomic E-state index is 12.3. The summed E-state index contributed by atoms with van der Waals surface area (Å²) < 4.78 is 5.64. The van der Waals surface area contributed by atoms with E-state index < -0.39 is 0 Å². The van der Waals surface area contributed by atoms with Gasteiger partial charge in [-0.15, -0.1) is 0 Å². The Morgan fingerprint density at radius 1 is 0.958 bits per heavy atom. The molecule has 0 fully saturated rings. The van der Waals surface area contributed by atoms with Crippen LogP contribution < -0.4 is 4.74 Å². The third-order valence-electron chi connectivity index (χ3n) is 4.10. The summed E-state index contributed by atoms with van der Waals surface area (Å²) in [6.45, 7) is 2.59. The molecular formula is C21H21NO2. The van der Waals surface area contributed by atoms with Crippen molar-refractivity contribution in [2.24, 2.45) is 0 Å². The normalized spacial score (nSPS) is 10.6. The average Bonchev–Trinajstić information content (AvgIpc) is 2.60. The number of hydrogen-bond acceptors (Lipinski definition) is 2. The number of hydrogen-bond donors (Lipinski definition) is 0. The van der Waals surface area contributed by atoms with Crippen LogP contribution in [-0.4, -0.2) is 24.5 Å². The highest BCUT2D eigenvalue weighted by molar-refractivity contribution is 5.83. The van der Waals surface area contributed by atoms with Crippen LogP contribution in [0.15, 0.2) is 66.7 Å². The lowest BCUT2D eigenvalue weighted by molar-refractivity contribution is -0.132. The highest BCUT2D eigenvalue weighted by atomic mass is 16.5. The Kier molecular flexibility index (Phi) is 4.80. The molecule has 0 aromatic heterocycles. The number of rotatable bonds is 5. The van der Waals surface area contributed by atoms with Crippen molar-refractivity contribution >= 4 is 16.7 Å². The van der Waals surface area contributed by atoms with E-state index in [4.69, 9.17) is 4.74 Å². The number of ether oxygens (including phenoxy) is 1. The second-order valence-corrected chi connectivity index (χ2v) is 5.99. The zero-order valence-electron chi connectivity index (χ0n) is 14.0. The standard InChI is InChI=1S/C21H21NO2/c1-16-7-3-6-10-20(16)24-15-21(23)22(2)14-17-11-12-18-8-4-5-9-19(18)13-17/h3-13H,14-15H2,1-2H3. The largest absolute Gasteiger partial charge is 0.484 e. The van der Waals surface area contributed by atoms with Crippen LogP contribution in [0.5, 0.6) is 5.75 Å². The van der Waals surface area contributed by atoms with E-state index in [1.807, 2.05) is 43.3 Å². The van der Waals surface area contributed by atoms with E-state index in [0.717, 1.165) is 16.9 Å². The summed E-state index contributed by atoms with van der Waals surface area (Å²) in [5.41, 5.74) is 2.14. The highest BCUT2D eigenvalue weighted by Gasteiger charge is 2.11. The van der Waals surface area contributed by atoms with E-state index in [0.29, 0.717) is 6.54 Å². The maximum absolute atomic E-state index is 12.3. The number of aryl methyl sites for hydroxylation is 1. The van der Waals surface area contributed by atoms with Crippen LogP contribution in [0.2, 0.25) is 0 Å². The van der Waals surface area contributed by atoms with Crippen molar-refractivity contribution in [1.29, 1.82) is 0 Å². The highest BCUT2D eigenvalue weighted by Crippen LogP contribution is 2.18. The first-order chi connectivity index (χ1) is 11.6. The Morgan fingerprint density at radius 3 is 2.46 bits per heavy atom. The third kappa shape index (κ3) is 3.74. The minimum Gasteiger partial charge on any atom is -0.484 e. The molecule has 3 nitrogen and oxygen atoms in total. The summed E-state index contributed by atoms with van der Waals surface area (Å²) in [5, 5.41) is 2.39. The van der Waals surface area contributed by atoms with Gasteiger partial charge in [-0.25, -0.2) is 0 Å². The number of likely N-dealkylation sites (N-methyl/N-ethyl adjacent to an activating group) is 1. The van der Waals surface area contributed by atoms with Crippen LogP contribution >= 0.6 is 0 Å². The fraction of sp³-hybridized carbons (Fsp3) is 0.190. The lowest BCUT2D eigenvalue weighted by atomic mass is 10.1. The van der Waals surface area contributed by atoms with Crippen LogP contribution in [0.4, 0.5) is 0 Å². The molecule has 3 heteroatoms. The summed E-state index contributed by atoms with van der Waals surface area (Å²) >= 11 is 0. The Bertz CT molecular complexity index is 857. The minimum absolute atomic E-state index is 0.0357. The van der Waals surface area contributed by atoms with Crippen LogP contribution in [0.3, 0.4) is 0 Å². The van der Waals surface area contributed by atoms with Crippen molar-refractivity contribution in [2.75, 3.05) is 13.7 Å². The van der Waals surface area contributed by atoms with E-state index in [2.05, 4.69) is 30.3 Å². The molecule has 0 bridgehead atoms. The van der Waals surface area contributed by atoms with E-state index >= 15 is 0 Å². The van der Waals surface area contributed by atoms with Gasteiger partial charge >= 0.3 is 0 Å². The predicted molar refractivity (Wildman–Crippen MR) is 97.1 cm³/mol. The Morgan fingerprint density at radius 2 is 1.67 bits per heavy atom. The molecule has 3 aromatic carbocycles. The third-order valence-corrected chi connectivity index (χ3v) is 4.10. The quantitative estimate of drug-likeness (QED) is 0.706. The fourth-order valence-corrected chi connectivity index (χ4v) is 2.67. The van der Waals surface area contributed by atoms with Gasteiger partial charge in [-0.2, -0.15) is 0 Å². The second-order valence-electron chi connectivity index (χ2n) is 5.99. The fourth-order valence-electron chi connectivity index (χ4n) is 2.67. The summed E-state index contributed by atoms with van der Waals surface area (Å²) in [7, 11) is 1.80. The number of carbonyl (C=O) groups excluding carboxylic acids is 1. The van der Waals surface area contributed by atoms with Gasteiger partial charge in [-0.3, -0.25) is 4.79 Å². The smallest absolute Gasteiger partial charge is 0.260 e. The molecule has 1 amide bonds. The lowest BCUT2D eigenvalue weighted by Gasteiger charge is -2.18. The summed E-state index contributed by atoms with van der Waals surface area (Å²) in [6, 6.07) is 22.2. The molecule has 0 atom stereocenters. The van der Waals surface area contributed by atoms with Crippen molar-refractivity contribution < 1.29 is 9.53 Å². The zero-order valence-corrected chi connectivity index (χ0v) is 14.0. The molecule has 0 N–H and O–H groups in total. The molecule has 0 saturated heterocycles. The number of para-hydroxylation sites is 1. The molecule has 0 aliphatic heterocycles. The van der Waals surface area contributed by atoms with E-state index in [9.17, 15) is 4.79 Å². The van der Waals surface area contributed by atoms with Crippen LogP contribution in [0.1, 0.15) is 11.1 Å². The van der Waals surface area contributed by atoms with Crippen LogP contribution in [-0.2, 0) is 11.3 Å². The topological polar surface area (TPSA) is 29.5 Å². The number of fused-ring (bicyclic) bond motifs is 1. The molecule has 0 unspecified atom stereocenters. The van der Waals surface area contributed by atoms with Gasteiger partial charge in [0.05, 0.1) is 0 Å². The molecular weight excluding hydrogens is 298 g/mol. The lowest BCUT2D eigenvalue weighted by Crippen LogP contribution is -2.31. The molecule has 0 heterocycles.